The number of rotatable bonds is 7. The molecule has 0 rings (SSSR count). The second-order valence-corrected chi connectivity index (χ2v) is 5.32. The quantitative estimate of drug-likeness (QED) is 0.680. The van der Waals surface area contributed by atoms with Crippen molar-refractivity contribution in [3.05, 3.63) is 0 Å². The molecule has 0 unspecified atom stereocenters. The lowest BCUT2D eigenvalue weighted by Crippen LogP contribution is -2.55. The van der Waals surface area contributed by atoms with Crippen LogP contribution in [0.2, 0.25) is 0 Å². The summed E-state index contributed by atoms with van der Waals surface area (Å²) in [6, 6.07) is -1.36. The molecule has 116 valence electrons. The maximum absolute atomic E-state index is 12.2. The summed E-state index contributed by atoms with van der Waals surface area (Å²) in [6.45, 7) is 8.81. The molecule has 6 nitrogen and oxygen atoms in total. The molecule has 20 heavy (non-hydrogen) atoms. The molecule has 0 bridgehead atoms. The smallest absolute Gasteiger partial charge is 0.328 e. The van der Waals surface area contributed by atoms with Crippen molar-refractivity contribution in [3.63, 3.8) is 0 Å². The van der Waals surface area contributed by atoms with Crippen LogP contribution in [0.1, 0.15) is 41.0 Å². The zero-order valence-electron chi connectivity index (χ0n) is 13.1. The Hall–Kier alpha value is -1.59. The van der Waals surface area contributed by atoms with E-state index in [9.17, 15) is 14.4 Å². The van der Waals surface area contributed by atoms with E-state index in [0.29, 0.717) is 0 Å². The van der Waals surface area contributed by atoms with Crippen LogP contribution < -0.4 is 10.6 Å². The van der Waals surface area contributed by atoms with Crippen molar-refractivity contribution in [1.82, 2.24) is 10.6 Å². The summed E-state index contributed by atoms with van der Waals surface area (Å²) in [5.41, 5.74) is 0. The molecule has 0 aromatic carbocycles. The van der Waals surface area contributed by atoms with Gasteiger partial charge < -0.3 is 15.4 Å². The van der Waals surface area contributed by atoms with Gasteiger partial charge in [-0.2, -0.15) is 0 Å². The van der Waals surface area contributed by atoms with E-state index in [-0.39, 0.29) is 23.7 Å². The molecule has 6 heteroatoms. The van der Waals surface area contributed by atoms with E-state index in [2.05, 4.69) is 10.6 Å². The summed E-state index contributed by atoms with van der Waals surface area (Å²) >= 11 is 0. The lowest BCUT2D eigenvalue weighted by Gasteiger charge is -2.26. The van der Waals surface area contributed by atoms with E-state index < -0.39 is 18.1 Å². The van der Waals surface area contributed by atoms with Gasteiger partial charge in [0, 0.05) is 6.92 Å². The first-order valence-electron chi connectivity index (χ1n) is 6.89. The van der Waals surface area contributed by atoms with Crippen molar-refractivity contribution in [2.45, 2.75) is 53.1 Å². The SMILES string of the molecule is CC[C@H](C)[C@@H](NC(=O)[C@H](NC(C)=O)C(C)C)C(=O)OC. The number of methoxy groups -OCH3 is 1. The molecule has 0 aliphatic carbocycles. The van der Waals surface area contributed by atoms with Crippen LogP contribution in [0.4, 0.5) is 0 Å². The van der Waals surface area contributed by atoms with Gasteiger partial charge in [-0.05, 0) is 11.8 Å². The topological polar surface area (TPSA) is 84.5 Å². The van der Waals surface area contributed by atoms with E-state index in [1.807, 2.05) is 27.7 Å². The normalized spacial score (nSPS) is 15.2. The van der Waals surface area contributed by atoms with Gasteiger partial charge in [0.15, 0.2) is 0 Å². The molecular formula is C14H26N2O4. The molecule has 0 heterocycles. The minimum absolute atomic E-state index is 0.0449. The van der Waals surface area contributed by atoms with Gasteiger partial charge in [-0.1, -0.05) is 34.1 Å². The Kier molecular flexibility index (Phi) is 7.87. The second kappa shape index (κ2) is 8.55. The van der Waals surface area contributed by atoms with E-state index in [0.717, 1.165) is 6.42 Å². The monoisotopic (exact) mass is 286 g/mol. The van der Waals surface area contributed by atoms with Crippen molar-refractivity contribution >= 4 is 17.8 Å². The van der Waals surface area contributed by atoms with Crippen molar-refractivity contribution in [2.75, 3.05) is 7.11 Å². The van der Waals surface area contributed by atoms with Gasteiger partial charge in [0.05, 0.1) is 7.11 Å². The summed E-state index contributed by atoms with van der Waals surface area (Å²) in [6.07, 6.45) is 0.729. The molecule has 0 saturated carbocycles. The number of carbonyl (C=O) groups is 3. The van der Waals surface area contributed by atoms with Crippen molar-refractivity contribution in [1.29, 1.82) is 0 Å². The number of hydrogen-bond donors (Lipinski definition) is 2. The van der Waals surface area contributed by atoms with Crippen molar-refractivity contribution in [2.24, 2.45) is 11.8 Å². The summed E-state index contributed by atoms with van der Waals surface area (Å²) in [5, 5.41) is 5.27. The molecule has 0 radical (unpaired) electrons. The Labute approximate surface area is 120 Å². The van der Waals surface area contributed by atoms with E-state index in [1.165, 1.54) is 14.0 Å². The standard InChI is InChI=1S/C14H26N2O4/c1-7-9(4)12(14(19)20-6)16-13(18)11(8(2)3)15-10(5)17/h8-9,11-12H,7H2,1-6H3,(H,15,17)(H,16,18)/t9-,11+,12+/m0/s1. The Bertz CT molecular complexity index is 355. The van der Waals surface area contributed by atoms with Crippen molar-refractivity contribution in [3.8, 4) is 0 Å². The third-order valence-corrected chi connectivity index (χ3v) is 3.27. The summed E-state index contributed by atoms with van der Waals surface area (Å²) in [7, 11) is 1.29. The predicted octanol–water partition coefficient (Wildman–Crippen LogP) is 0.851. The van der Waals surface area contributed by atoms with Crippen LogP contribution in [0, 0.1) is 11.8 Å². The minimum atomic E-state index is -0.701. The van der Waals surface area contributed by atoms with Gasteiger partial charge >= 0.3 is 5.97 Å². The Morgan fingerprint density at radius 2 is 1.60 bits per heavy atom. The molecule has 0 aromatic rings. The number of ether oxygens (including phenoxy) is 1. The van der Waals surface area contributed by atoms with E-state index >= 15 is 0 Å². The molecule has 2 amide bonds. The highest BCUT2D eigenvalue weighted by atomic mass is 16.5. The third-order valence-electron chi connectivity index (χ3n) is 3.27. The highest BCUT2D eigenvalue weighted by Gasteiger charge is 2.31. The number of nitrogens with one attached hydrogen (secondary N) is 2. The summed E-state index contributed by atoms with van der Waals surface area (Å²) < 4.78 is 4.72. The molecule has 0 saturated heterocycles. The predicted molar refractivity (Wildman–Crippen MR) is 75.8 cm³/mol. The molecule has 0 aliphatic heterocycles. The van der Waals surface area contributed by atoms with Gasteiger partial charge in [0.2, 0.25) is 11.8 Å². The lowest BCUT2D eigenvalue weighted by molar-refractivity contribution is -0.147. The molecule has 3 atom stereocenters. The Morgan fingerprint density at radius 3 is 1.95 bits per heavy atom. The first kappa shape index (κ1) is 18.4. The van der Waals surface area contributed by atoms with Crippen LogP contribution in [0.5, 0.6) is 0 Å². The maximum Gasteiger partial charge on any atom is 0.328 e. The highest BCUT2D eigenvalue weighted by Crippen LogP contribution is 2.11. The van der Waals surface area contributed by atoms with Crippen LogP contribution >= 0.6 is 0 Å². The zero-order valence-corrected chi connectivity index (χ0v) is 13.1. The van der Waals surface area contributed by atoms with Crippen LogP contribution in [0.15, 0.2) is 0 Å². The summed E-state index contributed by atoms with van der Waals surface area (Å²) in [5.74, 6) is -1.24. The average Bonchev–Trinajstić information content (AvgIpc) is 2.39. The molecule has 0 fully saturated rings. The largest absolute Gasteiger partial charge is 0.467 e. The first-order valence-corrected chi connectivity index (χ1v) is 6.89. The average molecular weight is 286 g/mol. The van der Waals surface area contributed by atoms with Gasteiger partial charge in [0.1, 0.15) is 12.1 Å². The lowest BCUT2D eigenvalue weighted by atomic mass is 9.97. The number of esters is 1. The number of amides is 2. The van der Waals surface area contributed by atoms with Crippen LogP contribution in [-0.2, 0) is 19.1 Å². The van der Waals surface area contributed by atoms with Gasteiger partial charge in [0.25, 0.3) is 0 Å². The van der Waals surface area contributed by atoms with E-state index in [4.69, 9.17) is 4.74 Å². The molecule has 2 N–H and O–H groups in total. The maximum atomic E-state index is 12.2. The van der Waals surface area contributed by atoms with Crippen LogP contribution in [0.3, 0.4) is 0 Å². The first-order chi connectivity index (χ1) is 9.24. The molecule has 0 aliphatic rings. The van der Waals surface area contributed by atoms with Gasteiger partial charge in [-0.25, -0.2) is 4.79 Å². The highest BCUT2D eigenvalue weighted by molar-refractivity contribution is 5.90. The molecule has 0 aromatic heterocycles. The third kappa shape index (κ3) is 5.59. The number of carbonyl (C=O) groups excluding carboxylic acids is 3. The Morgan fingerprint density at radius 1 is 1.05 bits per heavy atom. The zero-order chi connectivity index (χ0) is 15.9. The van der Waals surface area contributed by atoms with Gasteiger partial charge in [-0.3, -0.25) is 9.59 Å². The van der Waals surface area contributed by atoms with Crippen LogP contribution in [-0.4, -0.2) is 37.0 Å². The summed E-state index contributed by atoms with van der Waals surface area (Å²) in [4.78, 5) is 35.1. The van der Waals surface area contributed by atoms with Crippen molar-refractivity contribution < 1.29 is 19.1 Å². The number of hydrogen-bond acceptors (Lipinski definition) is 4. The fourth-order valence-electron chi connectivity index (χ4n) is 1.79. The van der Waals surface area contributed by atoms with Crippen LogP contribution in [0.25, 0.3) is 0 Å². The fraction of sp³-hybridized carbons (Fsp3) is 0.786. The molecule has 0 spiro atoms. The van der Waals surface area contributed by atoms with Gasteiger partial charge in [-0.15, -0.1) is 0 Å². The fourth-order valence-corrected chi connectivity index (χ4v) is 1.79. The second-order valence-electron chi connectivity index (χ2n) is 5.32. The minimum Gasteiger partial charge on any atom is -0.467 e. The molecular weight excluding hydrogens is 260 g/mol. The Balaban J connectivity index is 4.95. The van der Waals surface area contributed by atoms with E-state index in [1.54, 1.807) is 0 Å².